The minimum absolute atomic E-state index is 0.178. The Morgan fingerprint density at radius 3 is 2.73 bits per heavy atom. The zero-order valence-electron chi connectivity index (χ0n) is 18.6. The van der Waals surface area contributed by atoms with Crippen LogP contribution in [0, 0.1) is 19.8 Å². The Bertz CT molecular complexity index is 842. The summed E-state index contributed by atoms with van der Waals surface area (Å²) in [5.41, 5.74) is 4.68. The smallest absolute Gasteiger partial charge is 0.220 e. The Balaban J connectivity index is 1.28. The van der Waals surface area contributed by atoms with E-state index in [2.05, 4.69) is 53.0 Å². The van der Waals surface area contributed by atoms with Gasteiger partial charge in [-0.2, -0.15) is 5.10 Å². The molecule has 0 aliphatic carbocycles. The highest BCUT2D eigenvalue weighted by Gasteiger charge is 2.32. The molecule has 0 spiro atoms. The molecule has 5 nitrogen and oxygen atoms in total. The fourth-order valence-corrected chi connectivity index (χ4v) is 5.39. The molecule has 2 aliphatic heterocycles. The van der Waals surface area contributed by atoms with Gasteiger partial charge in [0, 0.05) is 24.7 Å². The van der Waals surface area contributed by atoms with Crippen molar-refractivity contribution in [3.05, 3.63) is 52.8 Å². The molecule has 2 atom stereocenters. The average molecular weight is 409 g/mol. The highest BCUT2D eigenvalue weighted by Crippen LogP contribution is 2.30. The largest absolute Gasteiger partial charge is 0.356 e. The molecule has 30 heavy (non-hydrogen) atoms. The number of carbonyl (C=O) groups excluding carboxylic acids is 1. The van der Waals surface area contributed by atoms with Gasteiger partial charge in [0.15, 0.2) is 0 Å². The van der Waals surface area contributed by atoms with Gasteiger partial charge in [-0.05, 0) is 76.1 Å². The van der Waals surface area contributed by atoms with Crippen LogP contribution in [0.5, 0.6) is 0 Å². The third-order valence-electron chi connectivity index (χ3n) is 7.10. The fourth-order valence-electron chi connectivity index (χ4n) is 5.39. The lowest BCUT2D eigenvalue weighted by atomic mass is 9.83. The number of aryl methyl sites for hydroxylation is 1. The van der Waals surface area contributed by atoms with E-state index in [0.29, 0.717) is 18.4 Å². The maximum Gasteiger partial charge on any atom is 0.220 e. The van der Waals surface area contributed by atoms with Gasteiger partial charge in [-0.15, -0.1) is 0 Å². The average Bonchev–Trinajstić information content (AvgIpc) is 3.03. The molecule has 1 aromatic carbocycles. The van der Waals surface area contributed by atoms with Gasteiger partial charge in [0.2, 0.25) is 5.91 Å². The summed E-state index contributed by atoms with van der Waals surface area (Å²) in [5.74, 6) is 0.803. The fraction of sp³-hybridized carbons (Fsp3) is 0.600. The van der Waals surface area contributed by atoms with E-state index in [9.17, 15) is 4.79 Å². The van der Waals surface area contributed by atoms with E-state index in [1.165, 1.54) is 62.0 Å². The Morgan fingerprint density at radius 2 is 1.90 bits per heavy atom. The second-order valence-electron chi connectivity index (χ2n) is 9.10. The first-order chi connectivity index (χ1) is 14.6. The van der Waals surface area contributed by atoms with Crippen LogP contribution in [0.4, 0.5) is 0 Å². The molecular weight excluding hydrogens is 372 g/mol. The minimum atomic E-state index is 0.178. The molecule has 0 unspecified atom stereocenters. The summed E-state index contributed by atoms with van der Waals surface area (Å²) in [6.45, 7) is 8.29. The molecule has 0 saturated carbocycles. The van der Waals surface area contributed by atoms with E-state index >= 15 is 0 Å². The number of aromatic nitrogens is 2. The molecule has 2 aromatic rings. The van der Waals surface area contributed by atoms with E-state index in [4.69, 9.17) is 5.10 Å². The van der Waals surface area contributed by atoms with Crippen molar-refractivity contribution in [2.24, 2.45) is 5.92 Å². The predicted molar refractivity (Wildman–Crippen MR) is 121 cm³/mol. The summed E-state index contributed by atoms with van der Waals surface area (Å²) in [5, 5.41) is 7.98. The number of rotatable bonds is 7. The molecule has 162 valence electrons. The third-order valence-corrected chi connectivity index (χ3v) is 7.10. The lowest BCUT2D eigenvalue weighted by Gasteiger charge is -2.44. The van der Waals surface area contributed by atoms with E-state index in [1.807, 2.05) is 6.07 Å². The van der Waals surface area contributed by atoms with Crippen LogP contribution in [0.1, 0.15) is 61.0 Å². The number of hydrogen-bond acceptors (Lipinski definition) is 3. The van der Waals surface area contributed by atoms with E-state index in [0.717, 1.165) is 25.2 Å². The molecule has 0 radical (unpaired) electrons. The highest BCUT2D eigenvalue weighted by molar-refractivity contribution is 5.76. The maximum atomic E-state index is 12.6. The first-order valence-electron chi connectivity index (χ1n) is 11.7. The van der Waals surface area contributed by atoms with Crippen molar-refractivity contribution in [2.45, 2.75) is 71.4 Å². The molecule has 5 heteroatoms. The summed E-state index contributed by atoms with van der Waals surface area (Å²) >= 11 is 0. The summed E-state index contributed by atoms with van der Waals surface area (Å²) in [7, 11) is 0. The van der Waals surface area contributed by atoms with E-state index < -0.39 is 0 Å². The van der Waals surface area contributed by atoms with Crippen LogP contribution < -0.4 is 5.32 Å². The van der Waals surface area contributed by atoms with Crippen LogP contribution in [0.25, 0.3) is 0 Å². The number of nitrogens with zero attached hydrogens (tertiary/aromatic N) is 3. The number of hydrogen-bond donors (Lipinski definition) is 1. The van der Waals surface area contributed by atoms with Crippen molar-refractivity contribution in [1.29, 1.82) is 0 Å². The summed E-state index contributed by atoms with van der Waals surface area (Å²) in [6, 6.07) is 11.1. The van der Waals surface area contributed by atoms with Crippen molar-refractivity contribution in [2.75, 3.05) is 19.6 Å². The Hall–Kier alpha value is -2.14. The van der Waals surface area contributed by atoms with Crippen LogP contribution in [0.3, 0.4) is 0 Å². The van der Waals surface area contributed by atoms with Crippen molar-refractivity contribution in [3.8, 4) is 0 Å². The monoisotopic (exact) mass is 408 g/mol. The van der Waals surface area contributed by atoms with Crippen molar-refractivity contribution in [3.63, 3.8) is 0 Å². The topological polar surface area (TPSA) is 50.2 Å². The summed E-state index contributed by atoms with van der Waals surface area (Å²) in [4.78, 5) is 15.3. The summed E-state index contributed by atoms with van der Waals surface area (Å²) < 4.78 is 2.07. The van der Waals surface area contributed by atoms with Gasteiger partial charge in [0.1, 0.15) is 0 Å². The zero-order valence-corrected chi connectivity index (χ0v) is 18.6. The molecule has 3 heterocycles. The van der Waals surface area contributed by atoms with Gasteiger partial charge in [0.25, 0.3) is 0 Å². The van der Waals surface area contributed by atoms with Gasteiger partial charge >= 0.3 is 0 Å². The Kier molecular flexibility index (Phi) is 6.88. The van der Waals surface area contributed by atoms with E-state index in [1.54, 1.807) is 0 Å². The van der Waals surface area contributed by atoms with Crippen LogP contribution in [0.2, 0.25) is 0 Å². The van der Waals surface area contributed by atoms with Gasteiger partial charge in [-0.25, -0.2) is 0 Å². The predicted octanol–water partition coefficient (Wildman–Crippen LogP) is 3.86. The molecule has 2 fully saturated rings. The molecular formula is C25H36N4O. The quantitative estimate of drug-likeness (QED) is 0.757. The number of piperidine rings is 2. The van der Waals surface area contributed by atoms with Gasteiger partial charge in [-0.3, -0.25) is 9.48 Å². The normalized spacial score (nSPS) is 21.9. The molecule has 2 aliphatic rings. The van der Waals surface area contributed by atoms with Crippen molar-refractivity contribution < 1.29 is 4.79 Å². The number of nitrogens with one attached hydrogen (secondary N) is 1. The SMILES string of the molecule is Cc1nn(Cc2ccccc2)c(C)c1CCC(=O)NC[C@H]1CCCN2CCCC[C@@H]12. The second-order valence-corrected chi connectivity index (χ2v) is 9.10. The third kappa shape index (κ3) is 4.94. The molecule has 1 N–H and O–H groups in total. The van der Waals surface area contributed by atoms with E-state index in [-0.39, 0.29) is 5.91 Å². The second kappa shape index (κ2) is 9.78. The van der Waals surface area contributed by atoms with Crippen LogP contribution in [-0.4, -0.2) is 46.3 Å². The standard InChI is InChI=1S/C25H36N4O/c1-19-23(20(2)29(27-19)18-21-9-4-3-5-10-21)13-14-25(30)26-17-22-11-8-16-28-15-7-6-12-24(22)28/h3-5,9-10,22,24H,6-8,11-18H2,1-2H3,(H,26,30)/t22-,24+/m1/s1. The Morgan fingerprint density at radius 1 is 1.10 bits per heavy atom. The number of fused-ring (bicyclic) bond motifs is 1. The lowest BCUT2D eigenvalue weighted by molar-refractivity contribution is -0.121. The molecule has 0 bridgehead atoms. The first-order valence-corrected chi connectivity index (χ1v) is 11.7. The highest BCUT2D eigenvalue weighted by atomic mass is 16.1. The number of carbonyl (C=O) groups is 1. The zero-order chi connectivity index (χ0) is 20.9. The van der Waals surface area contributed by atoms with Gasteiger partial charge < -0.3 is 10.2 Å². The maximum absolute atomic E-state index is 12.6. The first kappa shape index (κ1) is 21.1. The van der Waals surface area contributed by atoms with Gasteiger partial charge in [0.05, 0.1) is 12.2 Å². The molecule has 1 aromatic heterocycles. The van der Waals surface area contributed by atoms with Crippen LogP contribution in [0.15, 0.2) is 30.3 Å². The number of amides is 1. The Labute approximate surface area is 180 Å². The molecule has 2 saturated heterocycles. The molecule has 1 amide bonds. The summed E-state index contributed by atoms with van der Waals surface area (Å²) in [6.07, 6.45) is 7.82. The number of benzene rings is 1. The molecule has 4 rings (SSSR count). The van der Waals surface area contributed by atoms with Crippen molar-refractivity contribution >= 4 is 5.91 Å². The van der Waals surface area contributed by atoms with Crippen LogP contribution >= 0.6 is 0 Å². The minimum Gasteiger partial charge on any atom is -0.356 e. The lowest BCUT2D eigenvalue weighted by Crippen LogP contribution is -2.51. The van der Waals surface area contributed by atoms with Gasteiger partial charge in [-0.1, -0.05) is 36.8 Å². The van der Waals surface area contributed by atoms with Crippen molar-refractivity contribution in [1.82, 2.24) is 20.0 Å². The van der Waals surface area contributed by atoms with Crippen LogP contribution in [-0.2, 0) is 17.8 Å².